The van der Waals surface area contributed by atoms with Gasteiger partial charge in [0.25, 0.3) is 0 Å². The molecular formula is C21H44O4Ti. The van der Waals surface area contributed by atoms with E-state index in [9.17, 15) is 4.79 Å². The molecular weight excluding hydrogens is 364 g/mol. The molecule has 0 aromatic heterocycles. The molecule has 0 spiro atoms. The summed E-state index contributed by atoms with van der Waals surface area (Å²) < 4.78 is 8.25. The van der Waals surface area contributed by atoms with Crippen LogP contribution in [0.1, 0.15) is 118 Å². The van der Waals surface area contributed by atoms with E-state index in [0.29, 0.717) is 6.42 Å². The third-order valence-corrected chi connectivity index (χ3v) is 3.92. The Hall–Kier alpha value is -0.0557. The van der Waals surface area contributed by atoms with Crippen LogP contribution < -0.4 is 0 Å². The number of carboxylic acids is 1. The van der Waals surface area contributed by atoms with Gasteiger partial charge >= 0.3 is 29.7 Å². The summed E-state index contributed by atoms with van der Waals surface area (Å²) in [4.78, 5) is 10.3. The van der Waals surface area contributed by atoms with Crippen LogP contribution in [0.5, 0.6) is 0 Å². The first-order chi connectivity index (χ1) is 12.4. The number of hydrogen-bond acceptors (Lipinski definition) is 3. The molecule has 4 nitrogen and oxygen atoms in total. The van der Waals surface area contributed by atoms with Crippen molar-refractivity contribution in [3.63, 3.8) is 0 Å². The summed E-state index contributed by atoms with van der Waals surface area (Å²) >= 11 is 0.750. The molecule has 0 saturated carbocycles. The predicted octanol–water partition coefficient (Wildman–Crippen LogP) is 6.45. The van der Waals surface area contributed by atoms with Gasteiger partial charge < -0.3 is 10.2 Å². The van der Waals surface area contributed by atoms with Crippen molar-refractivity contribution in [3.8, 4) is 0 Å². The normalized spacial score (nSPS) is 10.1. The van der Waals surface area contributed by atoms with Crippen LogP contribution in [0.4, 0.5) is 0 Å². The quantitative estimate of drug-likeness (QED) is 0.241. The van der Waals surface area contributed by atoms with E-state index in [4.69, 9.17) is 13.5 Å². The van der Waals surface area contributed by atoms with Crippen molar-refractivity contribution in [1.29, 1.82) is 0 Å². The summed E-state index contributed by atoms with van der Waals surface area (Å²) in [5.74, 6) is 0.212. The second kappa shape index (κ2) is 27.2. The van der Waals surface area contributed by atoms with Crippen molar-refractivity contribution in [2.45, 2.75) is 124 Å². The molecule has 0 heterocycles. The van der Waals surface area contributed by atoms with Crippen molar-refractivity contribution in [2.24, 2.45) is 5.92 Å². The van der Waals surface area contributed by atoms with Crippen molar-refractivity contribution in [3.05, 3.63) is 0 Å². The molecule has 5 heteroatoms. The van der Waals surface area contributed by atoms with Crippen LogP contribution in [0.15, 0.2) is 0 Å². The van der Waals surface area contributed by atoms with Gasteiger partial charge in [-0.15, -0.1) is 0 Å². The molecule has 0 unspecified atom stereocenters. The number of rotatable bonds is 15. The molecule has 0 aliphatic rings. The van der Waals surface area contributed by atoms with Crippen LogP contribution in [0.2, 0.25) is 0 Å². The van der Waals surface area contributed by atoms with Crippen molar-refractivity contribution in [1.82, 2.24) is 0 Å². The maximum absolute atomic E-state index is 10.3. The molecule has 0 aliphatic heterocycles. The minimum atomic E-state index is -0.654. The molecule has 26 heavy (non-hydrogen) atoms. The van der Waals surface area contributed by atoms with Crippen LogP contribution in [-0.4, -0.2) is 22.3 Å². The Bertz CT molecular complexity index is 268. The van der Waals surface area contributed by atoms with E-state index in [1.807, 2.05) is 0 Å². The number of carboxylic acid groups (broad SMARTS) is 1. The Balaban J connectivity index is -0.000000769. The van der Waals surface area contributed by atoms with Crippen LogP contribution in [0.3, 0.4) is 0 Å². The molecule has 0 atom stereocenters. The first-order valence-electron chi connectivity index (χ1n) is 10.5. The third kappa shape index (κ3) is 43.9. The van der Waals surface area contributed by atoms with E-state index in [1.165, 1.54) is 70.6 Å². The summed E-state index contributed by atoms with van der Waals surface area (Å²) in [5.41, 5.74) is 0. The van der Waals surface area contributed by atoms with Crippen molar-refractivity contribution < 1.29 is 38.7 Å². The number of unbranched alkanes of at least 4 members (excludes halogenated alkanes) is 11. The summed E-state index contributed by atoms with van der Waals surface area (Å²) in [6.07, 6.45) is 17.2. The monoisotopic (exact) mass is 408 g/mol. The second-order valence-corrected chi connectivity index (χ2v) is 7.66. The zero-order valence-electron chi connectivity index (χ0n) is 17.8. The zero-order chi connectivity index (χ0) is 20.6. The minimum absolute atomic E-state index is 0.167. The van der Waals surface area contributed by atoms with Gasteiger partial charge in [0.05, 0.1) is 0 Å². The van der Waals surface area contributed by atoms with E-state index in [1.54, 1.807) is 13.8 Å². The Morgan fingerprint density at radius 3 is 1.23 bits per heavy atom. The SMILES string of the molecule is CC(C)CCCCCCCCCCCCCCC(=O)O.CC(C)O.[O]=[Ti]. The van der Waals surface area contributed by atoms with E-state index in [2.05, 4.69) is 13.8 Å². The molecule has 0 aromatic rings. The summed E-state index contributed by atoms with van der Waals surface area (Å²) in [7, 11) is 0. The molecule has 0 aromatic carbocycles. The molecule has 0 radical (unpaired) electrons. The molecule has 0 saturated heterocycles. The van der Waals surface area contributed by atoms with E-state index in [-0.39, 0.29) is 6.10 Å². The standard InChI is InChI=1S/C18H36O2.C3H8O.O.Ti/c1-17(2)15-13-11-9-7-5-3-4-6-8-10-12-14-16-18(19)20;1-3(2)4;;/h17H,3-16H2,1-2H3,(H,19,20);3-4H,1-2H3;;. The first kappa shape index (κ1) is 30.7. The Morgan fingerprint density at radius 1 is 0.692 bits per heavy atom. The Morgan fingerprint density at radius 2 is 0.962 bits per heavy atom. The van der Waals surface area contributed by atoms with Crippen molar-refractivity contribution >= 4 is 5.97 Å². The fourth-order valence-corrected chi connectivity index (χ4v) is 2.60. The maximum atomic E-state index is 10.3. The van der Waals surface area contributed by atoms with Gasteiger partial charge in [0.15, 0.2) is 0 Å². The van der Waals surface area contributed by atoms with Gasteiger partial charge in [-0.25, -0.2) is 0 Å². The van der Waals surface area contributed by atoms with Crippen LogP contribution in [-0.2, 0) is 28.5 Å². The number of carbonyl (C=O) groups is 1. The van der Waals surface area contributed by atoms with Crippen LogP contribution >= 0.6 is 0 Å². The first-order valence-corrected chi connectivity index (χ1v) is 11.1. The number of aliphatic carboxylic acids is 1. The van der Waals surface area contributed by atoms with Gasteiger partial charge in [0.1, 0.15) is 0 Å². The average molecular weight is 408 g/mol. The fourth-order valence-electron chi connectivity index (χ4n) is 2.60. The number of hydrogen-bond donors (Lipinski definition) is 2. The van der Waals surface area contributed by atoms with E-state index >= 15 is 0 Å². The van der Waals surface area contributed by atoms with Crippen LogP contribution in [0, 0.1) is 5.92 Å². The summed E-state index contributed by atoms with van der Waals surface area (Å²) in [6, 6.07) is 0. The summed E-state index contributed by atoms with van der Waals surface area (Å²) in [6.45, 7) is 8.06. The molecule has 156 valence electrons. The van der Waals surface area contributed by atoms with E-state index in [0.717, 1.165) is 39.2 Å². The molecule has 0 aliphatic carbocycles. The predicted molar refractivity (Wildman–Crippen MR) is 105 cm³/mol. The summed E-state index contributed by atoms with van der Waals surface area (Å²) in [5, 5.41) is 16.6. The Labute approximate surface area is 174 Å². The molecule has 0 amide bonds. The number of aliphatic hydroxyl groups excluding tert-OH is 1. The average Bonchev–Trinajstić information content (AvgIpc) is 2.56. The fraction of sp³-hybridized carbons (Fsp3) is 0.952. The zero-order valence-corrected chi connectivity index (χ0v) is 19.3. The molecule has 0 fully saturated rings. The number of aliphatic hydroxyl groups is 1. The molecule has 0 rings (SSSR count). The van der Waals surface area contributed by atoms with Gasteiger partial charge in [-0.3, -0.25) is 4.79 Å². The third-order valence-electron chi connectivity index (χ3n) is 3.92. The molecule has 0 bridgehead atoms. The van der Waals surface area contributed by atoms with Gasteiger partial charge in [0, 0.05) is 12.5 Å². The van der Waals surface area contributed by atoms with Gasteiger partial charge in [-0.05, 0) is 26.2 Å². The Kier molecular flexibility index (Phi) is 32.0. The topological polar surface area (TPSA) is 74.6 Å². The van der Waals surface area contributed by atoms with E-state index < -0.39 is 5.97 Å². The van der Waals surface area contributed by atoms with Gasteiger partial charge in [0.2, 0.25) is 0 Å². The van der Waals surface area contributed by atoms with Gasteiger partial charge in [-0.2, -0.15) is 0 Å². The second-order valence-electron chi connectivity index (χ2n) is 7.66. The van der Waals surface area contributed by atoms with Crippen molar-refractivity contribution in [2.75, 3.05) is 0 Å². The van der Waals surface area contributed by atoms with Crippen LogP contribution in [0.25, 0.3) is 0 Å². The van der Waals surface area contributed by atoms with Gasteiger partial charge in [-0.1, -0.05) is 90.9 Å². The molecule has 2 N–H and O–H groups in total.